The Morgan fingerprint density at radius 2 is 2.29 bits per heavy atom. The molecule has 1 radical (unpaired) electrons. The lowest BCUT2D eigenvalue weighted by molar-refractivity contribution is -0.137. The summed E-state index contributed by atoms with van der Waals surface area (Å²) in [6.07, 6.45) is 1.84. The standard InChI is InChI=1S/C4H5O3/c1-7-3-2-4(5)6/h2-3H,1H3. The Labute approximate surface area is 41.2 Å². The molecule has 0 heterocycles. The van der Waals surface area contributed by atoms with Crippen LogP contribution in [-0.2, 0) is 14.6 Å². The van der Waals surface area contributed by atoms with Gasteiger partial charge in [-0.3, -0.25) is 0 Å². The van der Waals surface area contributed by atoms with Crippen LogP contribution in [0, 0.1) is 0 Å². The van der Waals surface area contributed by atoms with Gasteiger partial charge in [0.2, 0.25) is 0 Å². The summed E-state index contributed by atoms with van der Waals surface area (Å²) in [4.78, 5) is 9.48. The van der Waals surface area contributed by atoms with Crippen molar-refractivity contribution in [3.05, 3.63) is 12.3 Å². The number of hydrogen-bond acceptors (Lipinski definition) is 2. The minimum atomic E-state index is -1.25. The van der Waals surface area contributed by atoms with Crippen LogP contribution in [0.1, 0.15) is 0 Å². The molecule has 7 heavy (non-hydrogen) atoms. The average molecular weight is 101 g/mol. The van der Waals surface area contributed by atoms with Gasteiger partial charge in [0.15, 0.2) is 0 Å². The molecule has 0 aliphatic heterocycles. The fourth-order valence-electron chi connectivity index (χ4n) is 0.124. The number of carbonyl (C=O) groups is 1. The molecule has 0 saturated carbocycles. The molecule has 0 spiro atoms. The predicted molar refractivity (Wildman–Crippen MR) is 21.8 cm³/mol. The second-order valence-corrected chi connectivity index (χ2v) is 0.857. The molecule has 0 rings (SSSR count). The van der Waals surface area contributed by atoms with Crippen LogP contribution in [-0.4, -0.2) is 13.1 Å². The summed E-state index contributed by atoms with van der Waals surface area (Å²) < 4.78 is 4.25. The molecule has 0 atom stereocenters. The molecule has 0 unspecified atom stereocenters. The van der Waals surface area contributed by atoms with E-state index in [-0.39, 0.29) is 0 Å². The zero-order chi connectivity index (χ0) is 5.70. The van der Waals surface area contributed by atoms with Gasteiger partial charge in [-0.1, -0.05) is 0 Å². The number of hydrogen-bond donors (Lipinski definition) is 0. The molecule has 0 N–H and O–H groups in total. The SMILES string of the molecule is COC=CC([O])=O. The van der Waals surface area contributed by atoms with Gasteiger partial charge in [0.1, 0.15) is 0 Å². The lowest BCUT2D eigenvalue weighted by atomic mass is 10.7. The first-order chi connectivity index (χ1) is 3.27. The van der Waals surface area contributed by atoms with E-state index in [4.69, 9.17) is 0 Å². The van der Waals surface area contributed by atoms with Crippen molar-refractivity contribution in [1.82, 2.24) is 0 Å². The zero-order valence-corrected chi connectivity index (χ0v) is 3.88. The zero-order valence-electron chi connectivity index (χ0n) is 3.88. The van der Waals surface area contributed by atoms with Crippen molar-refractivity contribution < 1.29 is 14.6 Å². The Kier molecular flexibility index (Phi) is 2.76. The maximum absolute atomic E-state index is 9.48. The van der Waals surface area contributed by atoms with Crippen LogP contribution < -0.4 is 0 Å². The Bertz CT molecular complexity index is 84.9. The van der Waals surface area contributed by atoms with E-state index in [0.29, 0.717) is 0 Å². The Morgan fingerprint density at radius 1 is 1.71 bits per heavy atom. The highest BCUT2D eigenvalue weighted by Crippen LogP contribution is 1.70. The first-order valence-electron chi connectivity index (χ1n) is 1.67. The van der Waals surface area contributed by atoms with Gasteiger partial charge in [0, 0.05) is 0 Å². The van der Waals surface area contributed by atoms with Gasteiger partial charge >= 0.3 is 5.97 Å². The van der Waals surface area contributed by atoms with Crippen molar-refractivity contribution in [2.75, 3.05) is 7.11 Å². The number of ether oxygens (including phenoxy) is 1. The fourth-order valence-corrected chi connectivity index (χ4v) is 0.124. The average Bonchev–Trinajstić information content (AvgIpc) is 1.61. The molecular formula is C4H5O3. The Hall–Kier alpha value is -0.990. The molecule has 3 heteroatoms. The van der Waals surface area contributed by atoms with Crippen molar-refractivity contribution in [3.8, 4) is 0 Å². The van der Waals surface area contributed by atoms with Crippen LogP contribution in [0.2, 0.25) is 0 Å². The maximum atomic E-state index is 9.48. The molecule has 0 aliphatic rings. The highest BCUT2D eigenvalue weighted by molar-refractivity contribution is 5.78. The Morgan fingerprint density at radius 3 is 2.43 bits per heavy atom. The fraction of sp³-hybridized carbons (Fsp3) is 0.250. The topological polar surface area (TPSA) is 46.2 Å². The van der Waals surface area contributed by atoms with Crippen molar-refractivity contribution in [3.63, 3.8) is 0 Å². The van der Waals surface area contributed by atoms with E-state index in [2.05, 4.69) is 4.74 Å². The first-order valence-corrected chi connectivity index (χ1v) is 1.67. The molecule has 0 saturated heterocycles. The summed E-state index contributed by atoms with van der Waals surface area (Å²) in [5.41, 5.74) is 0. The largest absolute Gasteiger partial charge is 0.504 e. The molecule has 0 aromatic rings. The molecule has 0 aromatic heterocycles. The van der Waals surface area contributed by atoms with Crippen LogP contribution in [0.25, 0.3) is 0 Å². The van der Waals surface area contributed by atoms with Gasteiger partial charge in [-0.15, -0.1) is 0 Å². The molecule has 0 amide bonds. The van der Waals surface area contributed by atoms with Gasteiger partial charge in [-0.25, -0.2) is 9.90 Å². The molecule has 3 nitrogen and oxygen atoms in total. The maximum Gasteiger partial charge on any atom is 0.382 e. The third-order valence-corrected chi connectivity index (χ3v) is 0.340. The van der Waals surface area contributed by atoms with Gasteiger partial charge in [-0.05, 0) is 0 Å². The summed E-state index contributed by atoms with van der Waals surface area (Å²) in [6, 6.07) is 0. The molecular weight excluding hydrogens is 96.0 g/mol. The minimum Gasteiger partial charge on any atom is -0.504 e. The molecule has 0 aliphatic carbocycles. The molecule has 39 valence electrons. The summed E-state index contributed by atoms with van der Waals surface area (Å²) >= 11 is 0. The summed E-state index contributed by atoms with van der Waals surface area (Å²) in [5.74, 6) is -1.25. The highest BCUT2D eigenvalue weighted by atomic mass is 16.5. The summed E-state index contributed by atoms with van der Waals surface area (Å²) in [7, 11) is 1.36. The first kappa shape index (κ1) is 6.01. The van der Waals surface area contributed by atoms with Crippen LogP contribution in [0.3, 0.4) is 0 Å². The third-order valence-electron chi connectivity index (χ3n) is 0.340. The minimum absolute atomic E-state index is 0.806. The van der Waals surface area contributed by atoms with Crippen molar-refractivity contribution >= 4 is 5.97 Å². The molecule has 0 bridgehead atoms. The molecule has 0 fully saturated rings. The van der Waals surface area contributed by atoms with Gasteiger partial charge in [-0.2, -0.15) is 0 Å². The van der Waals surface area contributed by atoms with E-state index in [1.165, 1.54) is 7.11 Å². The van der Waals surface area contributed by atoms with Crippen molar-refractivity contribution in [1.29, 1.82) is 0 Å². The summed E-state index contributed by atoms with van der Waals surface area (Å²) in [5, 5.41) is 9.48. The number of methoxy groups -OCH3 is 1. The van der Waals surface area contributed by atoms with Crippen LogP contribution >= 0.6 is 0 Å². The van der Waals surface area contributed by atoms with E-state index >= 15 is 0 Å². The lowest BCUT2D eigenvalue weighted by Crippen LogP contribution is -1.82. The van der Waals surface area contributed by atoms with Gasteiger partial charge < -0.3 is 4.74 Å². The van der Waals surface area contributed by atoms with E-state index in [1.54, 1.807) is 0 Å². The van der Waals surface area contributed by atoms with Gasteiger partial charge in [0.05, 0.1) is 19.4 Å². The number of rotatable bonds is 2. The number of carbonyl (C=O) groups excluding carboxylic acids is 1. The lowest BCUT2D eigenvalue weighted by Gasteiger charge is -1.78. The predicted octanol–water partition coefficient (Wildman–Crippen LogP) is 0.104. The van der Waals surface area contributed by atoms with Crippen molar-refractivity contribution in [2.24, 2.45) is 0 Å². The van der Waals surface area contributed by atoms with E-state index < -0.39 is 5.97 Å². The second-order valence-electron chi connectivity index (χ2n) is 0.857. The van der Waals surface area contributed by atoms with E-state index in [9.17, 15) is 9.90 Å². The van der Waals surface area contributed by atoms with E-state index in [1.807, 2.05) is 0 Å². The molecule has 0 aromatic carbocycles. The van der Waals surface area contributed by atoms with E-state index in [0.717, 1.165) is 12.3 Å². The van der Waals surface area contributed by atoms with Gasteiger partial charge in [0.25, 0.3) is 0 Å². The van der Waals surface area contributed by atoms with Crippen LogP contribution in [0.15, 0.2) is 12.3 Å². The highest BCUT2D eigenvalue weighted by Gasteiger charge is 1.84. The van der Waals surface area contributed by atoms with Crippen molar-refractivity contribution in [2.45, 2.75) is 0 Å². The van der Waals surface area contributed by atoms with Crippen LogP contribution in [0.5, 0.6) is 0 Å². The second kappa shape index (κ2) is 3.21. The third kappa shape index (κ3) is 5.01. The normalized spacial score (nSPS) is 9.29. The van der Waals surface area contributed by atoms with Crippen LogP contribution in [0.4, 0.5) is 0 Å². The Balaban J connectivity index is 3.26. The smallest absolute Gasteiger partial charge is 0.382 e. The monoisotopic (exact) mass is 101 g/mol. The summed E-state index contributed by atoms with van der Waals surface area (Å²) in [6.45, 7) is 0. The quantitative estimate of drug-likeness (QED) is 0.366.